The molecule has 3 nitrogen and oxygen atoms in total. The number of carbonyl (C=O) groups excluding carboxylic acids is 1. The molecule has 1 aromatic carbocycles. The number of carbonyl (C=O) groups is 1. The molecule has 1 atom stereocenters. The molecule has 1 unspecified atom stereocenters. The Hall–Kier alpha value is -1.13. The zero-order valence-corrected chi connectivity index (χ0v) is 9.59. The predicted octanol–water partition coefficient (Wildman–Crippen LogP) is 2.04. The van der Waals surface area contributed by atoms with Gasteiger partial charge >= 0.3 is 0 Å². The highest BCUT2D eigenvalue weighted by atomic mass is 35.5. The van der Waals surface area contributed by atoms with Crippen molar-refractivity contribution in [3.05, 3.63) is 34.6 Å². The van der Waals surface area contributed by atoms with Gasteiger partial charge in [0.2, 0.25) is 5.91 Å². The minimum absolute atomic E-state index is 0.0160. The minimum atomic E-state index is -0.598. The maximum atomic E-state index is 13.2. The van der Waals surface area contributed by atoms with Gasteiger partial charge in [-0.15, -0.1) is 0 Å². The van der Waals surface area contributed by atoms with Crippen molar-refractivity contribution >= 4 is 17.5 Å². The number of rotatable bonds is 4. The van der Waals surface area contributed by atoms with E-state index in [1.807, 2.05) is 0 Å². The maximum absolute atomic E-state index is 13.2. The first-order valence-corrected chi connectivity index (χ1v) is 5.31. The highest BCUT2D eigenvalue weighted by Crippen LogP contribution is 2.20. The Morgan fingerprint density at radius 3 is 2.81 bits per heavy atom. The lowest BCUT2D eigenvalue weighted by Crippen LogP contribution is -2.30. The average Bonchev–Trinajstić information content (AvgIpc) is 2.29. The molecular weight excluding hydrogens is 233 g/mol. The molecule has 0 aliphatic rings. The van der Waals surface area contributed by atoms with Gasteiger partial charge in [-0.25, -0.2) is 4.39 Å². The highest BCUT2D eigenvalue weighted by molar-refractivity contribution is 6.30. The van der Waals surface area contributed by atoms with Gasteiger partial charge in [0.1, 0.15) is 5.82 Å². The Balaban J connectivity index is 2.86. The van der Waals surface area contributed by atoms with E-state index in [9.17, 15) is 9.18 Å². The number of hydrogen-bond acceptors (Lipinski definition) is 2. The van der Waals surface area contributed by atoms with Crippen molar-refractivity contribution < 1.29 is 14.3 Å². The third kappa shape index (κ3) is 3.18. The molecule has 88 valence electrons. The number of amides is 1. The van der Waals surface area contributed by atoms with E-state index in [2.05, 4.69) is 5.32 Å². The summed E-state index contributed by atoms with van der Waals surface area (Å²) in [6.45, 7) is 1.42. The highest BCUT2D eigenvalue weighted by Gasteiger charge is 2.14. The summed E-state index contributed by atoms with van der Waals surface area (Å²) < 4.78 is 13.2. The lowest BCUT2D eigenvalue weighted by molar-refractivity contribution is -0.121. The summed E-state index contributed by atoms with van der Waals surface area (Å²) in [5.74, 6) is -0.766. The molecule has 0 aliphatic heterocycles. The number of halogens is 2. The SMILES string of the molecule is CCC(=O)NC(CO)c1ccc(Cl)c(F)c1. The second kappa shape index (κ2) is 5.82. The summed E-state index contributed by atoms with van der Waals surface area (Å²) in [5, 5.41) is 11.7. The van der Waals surface area contributed by atoms with E-state index in [1.165, 1.54) is 12.1 Å². The standard InChI is InChI=1S/C11H13ClFNO2/c1-2-11(16)14-10(6-15)7-3-4-8(12)9(13)5-7/h3-5,10,15H,2,6H2,1H3,(H,14,16). The number of aliphatic hydroxyl groups excluding tert-OH is 1. The molecule has 1 rings (SSSR count). The molecule has 0 radical (unpaired) electrons. The molecule has 2 N–H and O–H groups in total. The van der Waals surface area contributed by atoms with Crippen molar-refractivity contribution in [1.29, 1.82) is 0 Å². The zero-order valence-electron chi connectivity index (χ0n) is 8.84. The molecule has 1 amide bonds. The van der Waals surface area contributed by atoms with Crippen LogP contribution in [0.15, 0.2) is 18.2 Å². The average molecular weight is 246 g/mol. The van der Waals surface area contributed by atoms with E-state index >= 15 is 0 Å². The van der Waals surface area contributed by atoms with Crippen LogP contribution in [0.1, 0.15) is 24.9 Å². The molecule has 0 heterocycles. The van der Waals surface area contributed by atoms with E-state index in [0.29, 0.717) is 12.0 Å². The summed E-state index contributed by atoms with van der Waals surface area (Å²) in [5.41, 5.74) is 0.492. The van der Waals surface area contributed by atoms with E-state index in [0.717, 1.165) is 0 Å². The van der Waals surface area contributed by atoms with Gasteiger partial charge in [-0.3, -0.25) is 4.79 Å². The smallest absolute Gasteiger partial charge is 0.220 e. The number of hydrogen-bond donors (Lipinski definition) is 2. The van der Waals surface area contributed by atoms with E-state index < -0.39 is 11.9 Å². The normalized spacial score (nSPS) is 12.2. The summed E-state index contributed by atoms with van der Waals surface area (Å²) >= 11 is 5.54. The van der Waals surface area contributed by atoms with Gasteiger partial charge in [0.25, 0.3) is 0 Å². The fourth-order valence-electron chi connectivity index (χ4n) is 1.26. The molecule has 0 saturated carbocycles. The minimum Gasteiger partial charge on any atom is -0.394 e. The van der Waals surface area contributed by atoms with Crippen molar-refractivity contribution in [2.45, 2.75) is 19.4 Å². The van der Waals surface area contributed by atoms with Crippen LogP contribution in [-0.2, 0) is 4.79 Å². The first kappa shape index (κ1) is 12.9. The number of aliphatic hydroxyl groups is 1. The van der Waals surface area contributed by atoms with Crippen LogP contribution in [0, 0.1) is 5.82 Å². The van der Waals surface area contributed by atoms with Crippen molar-refractivity contribution in [3.63, 3.8) is 0 Å². The van der Waals surface area contributed by atoms with Crippen molar-refractivity contribution in [2.24, 2.45) is 0 Å². The molecule has 0 saturated heterocycles. The molecule has 0 spiro atoms. The van der Waals surface area contributed by atoms with Crippen molar-refractivity contribution in [2.75, 3.05) is 6.61 Å². The van der Waals surface area contributed by atoms with E-state index in [-0.39, 0.29) is 17.5 Å². The fourth-order valence-corrected chi connectivity index (χ4v) is 1.38. The van der Waals surface area contributed by atoms with Gasteiger partial charge in [0.05, 0.1) is 17.7 Å². The summed E-state index contributed by atoms with van der Waals surface area (Å²) in [6.07, 6.45) is 0.312. The van der Waals surface area contributed by atoms with Crippen LogP contribution in [0.5, 0.6) is 0 Å². The van der Waals surface area contributed by atoms with Gasteiger partial charge in [-0.1, -0.05) is 24.6 Å². The Morgan fingerprint density at radius 2 is 2.31 bits per heavy atom. The third-order valence-electron chi connectivity index (χ3n) is 2.18. The second-order valence-electron chi connectivity index (χ2n) is 3.33. The molecule has 0 fully saturated rings. The van der Waals surface area contributed by atoms with E-state index in [1.54, 1.807) is 13.0 Å². The summed E-state index contributed by atoms with van der Waals surface area (Å²) in [7, 11) is 0. The predicted molar refractivity (Wildman–Crippen MR) is 59.7 cm³/mol. The third-order valence-corrected chi connectivity index (χ3v) is 2.49. The Morgan fingerprint density at radius 1 is 1.62 bits per heavy atom. The first-order chi connectivity index (χ1) is 7.58. The second-order valence-corrected chi connectivity index (χ2v) is 3.74. The van der Waals surface area contributed by atoms with Crippen molar-refractivity contribution in [3.8, 4) is 0 Å². The molecule has 1 aromatic rings. The number of nitrogens with one attached hydrogen (secondary N) is 1. The first-order valence-electron chi connectivity index (χ1n) is 4.93. The van der Waals surface area contributed by atoms with Crippen LogP contribution in [0.25, 0.3) is 0 Å². The topological polar surface area (TPSA) is 49.3 Å². The summed E-state index contributed by atoms with van der Waals surface area (Å²) in [6, 6.07) is 3.58. The van der Waals surface area contributed by atoms with E-state index in [4.69, 9.17) is 16.7 Å². The van der Waals surface area contributed by atoms with Crippen LogP contribution in [0.2, 0.25) is 5.02 Å². The Bertz CT molecular complexity index is 384. The molecular formula is C11H13ClFNO2. The maximum Gasteiger partial charge on any atom is 0.220 e. The van der Waals surface area contributed by atoms with Crippen molar-refractivity contribution in [1.82, 2.24) is 5.32 Å². The number of benzene rings is 1. The van der Waals surface area contributed by atoms with Gasteiger partial charge in [-0.2, -0.15) is 0 Å². The lowest BCUT2D eigenvalue weighted by Gasteiger charge is -2.16. The molecule has 5 heteroatoms. The largest absolute Gasteiger partial charge is 0.394 e. The molecule has 16 heavy (non-hydrogen) atoms. The lowest BCUT2D eigenvalue weighted by atomic mass is 10.1. The molecule has 0 bridgehead atoms. The zero-order chi connectivity index (χ0) is 12.1. The van der Waals surface area contributed by atoms with Gasteiger partial charge in [-0.05, 0) is 17.7 Å². The van der Waals surface area contributed by atoms with Crippen LogP contribution in [-0.4, -0.2) is 17.6 Å². The quantitative estimate of drug-likeness (QED) is 0.853. The Kier molecular flexibility index (Phi) is 4.71. The van der Waals surface area contributed by atoms with Gasteiger partial charge < -0.3 is 10.4 Å². The molecule has 0 aliphatic carbocycles. The van der Waals surface area contributed by atoms with Crippen LogP contribution in [0.3, 0.4) is 0 Å². The monoisotopic (exact) mass is 245 g/mol. The van der Waals surface area contributed by atoms with Crippen LogP contribution >= 0.6 is 11.6 Å². The fraction of sp³-hybridized carbons (Fsp3) is 0.364. The van der Waals surface area contributed by atoms with Crippen LogP contribution < -0.4 is 5.32 Å². The Labute approximate surface area is 98.2 Å². The van der Waals surface area contributed by atoms with Crippen LogP contribution in [0.4, 0.5) is 4.39 Å². The summed E-state index contributed by atoms with van der Waals surface area (Å²) in [4.78, 5) is 11.2. The van der Waals surface area contributed by atoms with Gasteiger partial charge in [0.15, 0.2) is 0 Å². The molecule has 0 aromatic heterocycles. The van der Waals surface area contributed by atoms with Gasteiger partial charge in [0, 0.05) is 6.42 Å².